The Balaban J connectivity index is 1.91. The van der Waals surface area contributed by atoms with E-state index in [0.29, 0.717) is 11.3 Å². The second kappa shape index (κ2) is 7.36. The fourth-order valence-corrected chi connectivity index (χ4v) is 2.43. The van der Waals surface area contributed by atoms with Gasteiger partial charge in [0.15, 0.2) is 12.4 Å². The largest absolute Gasteiger partial charge is 0.506 e. The number of fused-ring (bicyclic) bond motifs is 1. The molecule has 6 heteroatoms. The van der Waals surface area contributed by atoms with Crippen LogP contribution in [-0.2, 0) is 0 Å². The van der Waals surface area contributed by atoms with E-state index < -0.39 is 22.7 Å². The lowest BCUT2D eigenvalue weighted by atomic mass is 10.1. The molecule has 26 heavy (non-hydrogen) atoms. The summed E-state index contributed by atoms with van der Waals surface area (Å²) in [5.41, 5.74) is -0.477. The number of nitriles is 1. The molecule has 3 aromatic rings. The van der Waals surface area contributed by atoms with Crippen LogP contribution in [0.5, 0.6) is 11.5 Å². The molecule has 1 aromatic heterocycles. The maximum atomic E-state index is 12.4. The smallest absolute Gasteiger partial charge is 0.351 e. The highest BCUT2D eigenvalue weighted by Crippen LogP contribution is 2.26. The highest BCUT2D eigenvalue weighted by Gasteiger charge is 2.18. The van der Waals surface area contributed by atoms with E-state index in [2.05, 4.69) is 0 Å². The van der Waals surface area contributed by atoms with E-state index in [-0.39, 0.29) is 17.6 Å². The molecule has 0 spiro atoms. The normalized spacial score (nSPS) is 10.7. The molecular formula is C20H13NO5. The van der Waals surface area contributed by atoms with Gasteiger partial charge in [0.05, 0.1) is 5.39 Å². The quantitative estimate of drug-likeness (QED) is 0.432. The van der Waals surface area contributed by atoms with Gasteiger partial charge >= 0.3 is 5.63 Å². The third-order valence-electron chi connectivity index (χ3n) is 3.62. The zero-order chi connectivity index (χ0) is 18.5. The maximum absolute atomic E-state index is 12.4. The monoisotopic (exact) mass is 347 g/mol. The Morgan fingerprint density at radius 2 is 2.04 bits per heavy atom. The van der Waals surface area contributed by atoms with E-state index in [4.69, 9.17) is 14.4 Å². The molecule has 0 saturated carbocycles. The number of benzene rings is 2. The number of nitrogens with zero attached hydrogens (tertiary/aromatic N) is 1. The van der Waals surface area contributed by atoms with Crippen molar-refractivity contribution in [3.8, 4) is 17.6 Å². The van der Waals surface area contributed by atoms with Crippen LogP contribution in [0, 0.1) is 11.3 Å². The highest BCUT2D eigenvalue weighted by molar-refractivity contribution is 6.10. The van der Waals surface area contributed by atoms with Crippen molar-refractivity contribution in [2.24, 2.45) is 0 Å². The van der Waals surface area contributed by atoms with Gasteiger partial charge in [-0.1, -0.05) is 30.3 Å². The highest BCUT2D eigenvalue weighted by atomic mass is 16.5. The summed E-state index contributed by atoms with van der Waals surface area (Å²) >= 11 is 0. The molecular weight excluding hydrogens is 334 g/mol. The fraction of sp³-hybridized carbons (Fsp3) is 0.0500. The van der Waals surface area contributed by atoms with Gasteiger partial charge in [-0.3, -0.25) is 4.79 Å². The molecule has 0 aliphatic rings. The number of ether oxygens (including phenoxy) is 1. The lowest BCUT2D eigenvalue weighted by Crippen LogP contribution is -2.12. The Morgan fingerprint density at radius 3 is 2.85 bits per heavy atom. The van der Waals surface area contributed by atoms with E-state index in [9.17, 15) is 14.7 Å². The van der Waals surface area contributed by atoms with Crippen molar-refractivity contribution in [2.75, 3.05) is 6.61 Å². The molecule has 0 radical (unpaired) electrons. The van der Waals surface area contributed by atoms with Crippen molar-refractivity contribution < 1.29 is 19.1 Å². The van der Waals surface area contributed by atoms with Crippen molar-refractivity contribution >= 4 is 22.8 Å². The summed E-state index contributed by atoms with van der Waals surface area (Å²) < 4.78 is 10.3. The molecule has 0 bridgehead atoms. The first-order chi connectivity index (χ1) is 12.6. The first-order valence-corrected chi connectivity index (χ1v) is 7.67. The summed E-state index contributed by atoms with van der Waals surface area (Å²) in [6.45, 7) is -0.0852. The van der Waals surface area contributed by atoms with E-state index in [1.165, 1.54) is 18.2 Å². The molecule has 0 aliphatic carbocycles. The van der Waals surface area contributed by atoms with Crippen molar-refractivity contribution in [1.29, 1.82) is 5.26 Å². The molecule has 0 unspecified atom stereocenters. The molecule has 0 amide bonds. The van der Waals surface area contributed by atoms with E-state index in [1.807, 2.05) is 6.07 Å². The second-order valence-corrected chi connectivity index (χ2v) is 5.33. The molecule has 3 rings (SSSR count). The minimum atomic E-state index is -0.901. The number of hydrogen-bond donors (Lipinski definition) is 1. The average molecular weight is 347 g/mol. The van der Waals surface area contributed by atoms with Gasteiger partial charge in [-0.15, -0.1) is 0 Å². The lowest BCUT2D eigenvalue weighted by molar-refractivity contribution is 0.104. The number of aromatic hydroxyl groups is 1. The van der Waals surface area contributed by atoms with Gasteiger partial charge in [0.2, 0.25) is 0 Å². The van der Waals surface area contributed by atoms with Crippen molar-refractivity contribution in [3.63, 3.8) is 0 Å². The number of para-hydroxylation sites is 1. The molecule has 0 atom stereocenters. The molecule has 2 aromatic carbocycles. The lowest BCUT2D eigenvalue weighted by Gasteiger charge is -2.04. The topological polar surface area (TPSA) is 101 Å². The van der Waals surface area contributed by atoms with Gasteiger partial charge in [0, 0.05) is 0 Å². The van der Waals surface area contributed by atoms with Crippen LogP contribution in [0.2, 0.25) is 0 Å². The first kappa shape index (κ1) is 17.0. The average Bonchev–Trinajstić information content (AvgIpc) is 2.65. The van der Waals surface area contributed by atoms with E-state index in [0.717, 1.165) is 0 Å². The zero-order valence-electron chi connectivity index (χ0n) is 13.5. The number of hydrogen-bond acceptors (Lipinski definition) is 6. The Morgan fingerprint density at radius 1 is 1.23 bits per heavy atom. The van der Waals surface area contributed by atoms with Crippen LogP contribution in [0.3, 0.4) is 0 Å². The summed E-state index contributed by atoms with van der Waals surface area (Å²) in [5.74, 6) is -0.600. The number of ketones is 1. The Hall–Kier alpha value is -3.85. The second-order valence-electron chi connectivity index (χ2n) is 5.33. The Labute approximate surface area is 148 Å². The Bertz CT molecular complexity index is 1110. The van der Waals surface area contributed by atoms with Gasteiger partial charge in [0.25, 0.3) is 0 Å². The minimum absolute atomic E-state index is 0.0852. The molecule has 0 saturated heterocycles. The molecule has 0 fully saturated rings. The van der Waals surface area contributed by atoms with Crippen LogP contribution < -0.4 is 10.4 Å². The van der Waals surface area contributed by atoms with Crippen LogP contribution in [-0.4, -0.2) is 17.5 Å². The molecule has 6 nitrogen and oxygen atoms in total. The first-order valence-electron chi connectivity index (χ1n) is 7.67. The van der Waals surface area contributed by atoms with Crippen LogP contribution in [0.4, 0.5) is 0 Å². The van der Waals surface area contributed by atoms with E-state index in [1.54, 1.807) is 42.5 Å². The van der Waals surface area contributed by atoms with Crippen LogP contribution >= 0.6 is 0 Å². The number of carbonyl (C=O) groups is 1. The fourth-order valence-electron chi connectivity index (χ4n) is 2.43. The summed E-state index contributed by atoms with van der Waals surface area (Å²) in [6, 6.07) is 15.0. The van der Waals surface area contributed by atoms with Gasteiger partial charge in [-0.05, 0) is 35.9 Å². The van der Waals surface area contributed by atoms with Gasteiger partial charge in [0.1, 0.15) is 28.7 Å². The summed E-state index contributed by atoms with van der Waals surface area (Å²) in [4.78, 5) is 24.4. The molecule has 0 aliphatic heterocycles. The van der Waals surface area contributed by atoms with Gasteiger partial charge in [-0.25, -0.2) is 4.79 Å². The predicted octanol–water partition coefficient (Wildman–Crippen LogP) is 3.30. The third-order valence-corrected chi connectivity index (χ3v) is 3.62. The van der Waals surface area contributed by atoms with Crippen molar-refractivity contribution in [2.45, 2.75) is 0 Å². The van der Waals surface area contributed by atoms with Gasteiger partial charge < -0.3 is 14.3 Å². The van der Waals surface area contributed by atoms with Crippen molar-refractivity contribution in [3.05, 3.63) is 76.2 Å². The molecule has 128 valence electrons. The van der Waals surface area contributed by atoms with Crippen LogP contribution in [0.15, 0.2) is 63.8 Å². The standard InChI is InChI=1S/C20H13NO5/c21-10-11-25-14-5-3-4-13(12-14)8-9-16(22)18-19(23)15-6-1-2-7-17(15)26-20(18)24/h1-9,12,23H,11H2. The van der Waals surface area contributed by atoms with Crippen LogP contribution in [0.25, 0.3) is 17.0 Å². The number of carbonyl (C=O) groups excluding carboxylic acids is 1. The number of rotatable bonds is 5. The summed E-state index contributed by atoms with van der Waals surface area (Å²) in [7, 11) is 0. The zero-order valence-corrected chi connectivity index (χ0v) is 13.5. The predicted molar refractivity (Wildman–Crippen MR) is 95.1 cm³/mol. The van der Waals surface area contributed by atoms with Crippen LogP contribution in [0.1, 0.15) is 15.9 Å². The SMILES string of the molecule is N#CCOc1cccc(C=CC(=O)c2c(O)c3ccccc3oc2=O)c1. The minimum Gasteiger partial charge on any atom is -0.506 e. The van der Waals surface area contributed by atoms with E-state index >= 15 is 0 Å². The van der Waals surface area contributed by atoms with Crippen molar-refractivity contribution in [1.82, 2.24) is 0 Å². The summed E-state index contributed by atoms with van der Waals surface area (Å²) in [6.07, 6.45) is 2.65. The number of allylic oxidation sites excluding steroid dienone is 1. The Kier molecular flexibility index (Phi) is 4.81. The van der Waals surface area contributed by atoms with Gasteiger partial charge in [-0.2, -0.15) is 5.26 Å². The summed E-state index contributed by atoms with van der Waals surface area (Å²) in [5, 5.41) is 19.1. The third kappa shape index (κ3) is 3.47. The molecule has 1 N–H and O–H groups in total. The molecule has 1 heterocycles. The maximum Gasteiger partial charge on any atom is 0.351 e.